The smallest absolute Gasteiger partial charge is 0.325 e. The van der Waals surface area contributed by atoms with E-state index < -0.39 is 11.9 Å². The number of nitrogens with one attached hydrogen (secondary N) is 1. The molecule has 0 saturated heterocycles. The summed E-state index contributed by atoms with van der Waals surface area (Å²) in [6.07, 6.45) is 1.23. The molecule has 2 N–H and O–H groups in total. The number of benzene rings is 1. The Morgan fingerprint density at radius 1 is 1.48 bits per heavy atom. The summed E-state index contributed by atoms with van der Waals surface area (Å²) in [6.45, 7) is 1.38. The van der Waals surface area contributed by atoms with E-state index in [1.54, 1.807) is 25.1 Å². The fraction of sp³-hybridized carbons (Fsp3) is 0.154. The van der Waals surface area contributed by atoms with Crippen LogP contribution in [0.5, 0.6) is 0 Å². The van der Waals surface area contributed by atoms with E-state index >= 15 is 0 Å². The Hall–Kier alpha value is -3.21. The molecular formula is C13H11N5O3. The Balaban J connectivity index is 2.19. The molecule has 21 heavy (non-hydrogen) atoms. The molecule has 106 valence electrons. The summed E-state index contributed by atoms with van der Waals surface area (Å²) in [5.41, 5.74) is 1.45. The van der Waals surface area contributed by atoms with E-state index in [0.29, 0.717) is 11.3 Å². The predicted octanol–water partition coefficient (Wildman–Crippen LogP) is 0.795. The number of carbonyl (C=O) groups is 2. The number of nitrogens with zero attached hydrogens (tertiary/aromatic N) is 4. The summed E-state index contributed by atoms with van der Waals surface area (Å²) in [5, 5.41) is 27.4. The molecule has 2 rings (SSSR count). The van der Waals surface area contributed by atoms with Gasteiger partial charge < -0.3 is 10.4 Å². The van der Waals surface area contributed by atoms with Gasteiger partial charge in [0, 0.05) is 0 Å². The maximum Gasteiger partial charge on any atom is 0.325 e. The van der Waals surface area contributed by atoms with E-state index in [9.17, 15) is 9.59 Å². The molecule has 1 aromatic carbocycles. The van der Waals surface area contributed by atoms with Crippen LogP contribution in [0.15, 0.2) is 24.4 Å². The molecule has 0 aliphatic rings. The summed E-state index contributed by atoms with van der Waals surface area (Å²) in [5.74, 6) is -1.65. The van der Waals surface area contributed by atoms with Crippen LogP contribution in [0.25, 0.3) is 0 Å². The van der Waals surface area contributed by atoms with Crippen molar-refractivity contribution in [1.29, 1.82) is 5.26 Å². The minimum absolute atomic E-state index is 0.0263. The molecule has 0 aliphatic heterocycles. The molecule has 1 amide bonds. The van der Waals surface area contributed by atoms with E-state index in [2.05, 4.69) is 15.6 Å². The lowest BCUT2D eigenvalue weighted by Crippen LogP contribution is -2.14. The van der Waals surface area contributed by atoms with Crippen LogP contribution in [0.1, 0.15) is 21.6 Å². The Labute approximate surface area is 119 Å². The van der Waals surface area contributed by atoms with Gasteiger partial charge in [0.25, 0.3) is 5.91 Å². The Morgan fingerprint density at radius 2 is 2.24 bits per heavy atom. The first-order valence-corrected chi connectivity index (χ1v) is 5.94. The van der Waals surface area contributed by atoms with Crippen LogP contribution in [0.3, 0.4) is 0 Å². The van der Waals surface area contributed by atoms with Crippen molar-refractivity contribution in [2.75, 3.05) is 5.32 Å². The zero-order valence-corrected chi connectivity index (χ0v) is 11.1. The van der Waals surface area contributed by atoms with Crippen molar-refractivity contribution >= 4 is 17.6 Å². The summed E-state index contributed by atoms with van der Waals surface area (Å²) >= 11 is 0. The third-order valence-electron chi connectivity index (χ3n) is 2.70. The van der Waals surface area contributed by atoms with E-state index in [4.69, 9.17) is 10.4 Å². The van der Waals surface area contributed by atoms with Crippen molar-refractivity contribution in [3.05, 3.63) is 41.2 Å². The van der Waals surface area contributed by atoms with Gasteiger partial charge in [0.2, 0.25) is 0 Å². The fourth-order valence-corrected chi connectivity index (χ4v) is 1.72. The quantitative estimate of drug-likeness (QED) is 0.856. The second kappa shape index (κ2) is 5.83. The van der Waals surface area contributed by atoms with E-state index in [1.165, 1.54) is 6.20 Å². The van der Waals surface area contributed by atoms with Crippen LogP contribution in [-0.4, -0.2) is 32.0 Å². The highest BCUT2D eigenvalue weighted by Gasteiger charge is 2.14. The third kappa shape index (κ3) is 3.22. The zero-order chi connectivity index (χ0) is 15.4. The first-order valence-electron chi connectivity index (χ1n) is 5.94. The van der Waals surface area contributed by atoms with Gasteiger partial charge in [-0.25, -0.2) is 4.68 Å². The fourth-order valence-electron chi connectivity index (χ4n) is 1.72. The zero-order valence-electron chi connectivity index (χ0n) is 11.1. The van der Waals surface area contributed by atoms with Crippen LogP contribution in [0.4, 0.5) is 5.69 Å². The first-order chi connectivity index (χ1) is 10.0. The minimum Gasteiger partial charge on any atom is -0.480 e. The highest BCUT2D eigenvalue weighted by atomic mass is 16.4. The lowest BCUT2D eigenvalue weighted by molar-refractivity contribution is -0.137. The molecule has 8 heteroatoms. The molecule has 2 aromatic rings. The lowest BCUT2D eigenvalue weighted by Gasteiger charge is -2.06. The summed E-state index contributed by atoms with van der Waals surface area (Å²) in [4.78, 5) is 22.5. The van der Waals surface area contributed by atoms with Gasteiger partial charge in [-0.15, -0.1) is 5.10 Å². The van der Waals surface area contributed by atoms with Crippen molar-refractivity contribution in [1.82, 2.24) is 15.0 Å². The van der Waals surface area contributed by atoms with Gasteiger partial charge in [-0.2, -0.15) is 5.26 Å². The molecule has 0 bridgehead atoms. The molecule has 0 fully saturated rings. The lowest BCUT2D eigenvalue weighted by atomic mass is 10.1. The Morgan fingerprint density at radius 3 is 2.90 bits per heavy atom. The van der Waals surface area contributed by atoms with Gasteiger partial charge in [0.1, 0.15) is 12.6 Å². The number of nitriles is 1. The number of hydrogen-bond acceptors (Lipinski definition) is 5. The number of amides is 1. The molecule has 0 aliphatic carbocycles. The van der Waals surface area contributed by atoms with Gasteiger partial charge in [0.15, 0.2) is 5.69 Å². The normalized spacial score (nSPS) is 9.90. The monoisotopic (exact) mass is 285 g/mol. The number of rotatable bonds is 4. The molecule has 0 radical (unpaired) electrons. The summed E-state index contributed by atoms with van der Waals surface area (Å²) in [7, 11) is 0. The number of carbonyl (C=O) groups excluding carboxylic acids is 1. The molecule has 8 nitrogen and oxygen atoms in total. The Bertz CT molecular complexity index is 745. The largest absolute Gasteiger partial charge is 0.480 e. The van der Waals surface area contributed by atoms with Gasteiger partial charge in [-0.1, -0.05) is 17.3 Å². The minimum atomic E-state index is -1.09. The molecule has 0 atom stereocenters. The topological polar surface area (TPSA) is 121 Å². The number of aromatic nitrogens is 3. The highest BCUT2D eigenvalue weighted by Crippen LogP contribution is 2.18. The number of hydrogen-bond donors (Lipinski definition) is 2. The number of anilines is 1. The summed E-state index contributed by atoms with van der Waals surface area (Å²) in [6, 6.07) is 7.10. The number of carboxylic acids is 1. The van der Waals surface area contributed by atoms with Crippen LogP contribution in [0, 0.1) is 18.3 Å². The van der Waals surface area contributed by atoms with E-state index in [1.807, 2.05) is 6.07 Å². The van der Waals surface area contributed by atoms with Crippen molar-refractivity contribution in [2.45, 2.75) is 13.5 Å². The van der Waals surface area contributed by atoms with Crippen LogP contribution < -0.4 is 5.32 Å². The number of carboxylic acid groups (broad SMARTS) is 1. The average molecular weight is 285 g/mol. The molecule has 0 unspecified atom stereocenters. The van der Waals surface area contributed by atoms with Gasteiger partial charge in [-0.05, 0) is 18.6 Å². The average Bonchev–Trinajstić information content (AvgIpc) is 2.86. The van der Waals surface area contributed by atoms with E-state index in [-0.39, 0.29) is 12.2 Å². The number of aryl methyl sites for hydroxylation is 1. The predicted molar refractivity (Wildman–Crippen MR) is 71.5 cm³/mol. The van der Waals surface area contributed by atoms with Crippen molar-refractivity contribution in [3.63, 3.8) is 0 Å². The van der Waals surface area contributed by atoms with E-state index in [0.717, 1.165) is 10.2 Å². The maximum absolute atomic E-state index is 12.0. The second-order valence-electron chi connectivity index (χ2n) is 4.26. The highest BCUT2D eigenvalue weighted by molar-refractivity contribution is 6.03. The molecule has 0 saturated carbocycles. The summed E-state index contributed by atoms with van der Waals surface area (Å²) < 4.78 is 1.04. The van der Waals surface area contributed by atoms with Crippen molar-refractivity contribution in [3.8, 4) is 6.07 Å². The van der Waals surface area contributed by atoms with Crippen molar-refractivity contribution < 1.29 is 14.7 Å². The van der Waals surface area contributed by atoms with Crippen molar-refractivity contribution in [2.24, 2.45) is 0 Å². The first kappa shape index (κ1) is 14.2. The molecular weight excluding hydrogens is 274 g/mol. The molecule has 1 heterocycles. The van der Waals surface area contributed by atoms with Gasteiger partial charge in [-0.3, -0.25) is 9.59 Å². The van der Waals surface area contributed by atoms with Crippen LogP contribution in [0.2, 0.25) is 0 Å². The maximum atomic E-state index is 12.0. The van der Waals surface area contributed by atoms with Gasteiger partial charge in [0.05, 0.1) is 17.4 Å². The second-order valence-corrected chi connectivity index (χ2v) is 4.26. The molecule has 0 spiro atoms. The number of aliphatic carboxylic acids is 1. The molecule has 1 aromatic heterocycles. The SMILES string of the molecule is Cc1cccc(NC(=O)c2cn(CC(=O)O)nn2)c1C#N. The Kier molecular flexibility index (Phi) is 3.95. The standard InChI is InChI=1S/C13H11N5O3/c1-8-3-2-4-10(9(8)5-14)15-13(21)11-6-18(17-16-11)7-12(19)20/h2-4,6H,7H2,1H3,(H,15,21)(H,19,20). The van der Waals surface area contributed by atoms with Crippen LogP contribution >= 0.6 is 0 Å². The van der Waals surface area contributed by atoms with Gasteiger partial charge >= 0.3 is 5.97 Å². The van der Waals surface area contributed by atoms with Crippen LogP contribution in [-0.2, 0) is 11.3 Å². The third-order valence-corrected chi connectivity index (χ3v) is 2.70.